The molecule has 1 aliphatic rings. The van der Waals surface area contributed by atoms with E-state index in [-0.39, 0.29) is 22.9 Å². The number of anilines is 1. The van der Waals surface area contributed by atoms with Crippen LogP contribution in [0.25, 0.3) is 5.65 Å². The smallest absolute Gasteiger partial charge is 0.229 e. The first kappa shape index (κ1) is 18.6. The highest BCUT2D eigenvalue weighted by atomic mass is 35.5. The van der Waals surface area contributed by atoms with Crippen molar-refractivity contribution >= 4 is 29.0 Å². The summed E-state index contributed by atoms with van der Waals surface area (Å²) in [5, 5.41) is -0.0166. The molecule has 0 radical (unpaired) electrons. The molecule has 4 rings (SSSR count). The molecular weight excluding hydrogens is 383 g/mol. The third kappa shape index (κ3) is 2.97. The van der Waals surface area contributed by atoms with Gasteiger partial charge in [0.25, 0.3) is 0 Å². The number of halogens is 2. The van der Waals surface area contributed by atoms with Crippen molar-refractivity contribution in [2.24, 2.45) is 5.92 Å². The van der Waals surface area contributed by atoms with Crippen LogP contribution in [0.4, 0.5) is 10.2 Å². The molecule has 0 unspecified atom stereocenters. The molecule has 9 heteroatoms. The highest BCUT2D eigenvalue weighted by Crippen LogP contribution is 2.32. The zero-order valence-corrected chi connectivity index (χ0v) is 16.6. The van der Waals surface area contributed by atoms with Gasteiger partial charge in [-0.2, -0.15) is 4.98 Å². The van der Waals surface area contributed by atoms with Crippen molar-refractivity contribution < 1.29 is 9.18 Å². The number of carbonyl (C=O) groups is 1. The lowest BCUT2D eigenvalue weighted by atomic mass is 9.93. The van der Waals surface area contributed by atoms with E-state index < -0.39 is 11.4 Å². The van der Waals surface area contributed by atoms with Gasteiger partial charge in [0.1, 0.15) is 5.65 Å². The largest absolute Gasteiger partial charge is 0.352 e. The van der Waals surface area contributed by atoms with Crippen molar-refractivity contribution in [3.8, 4) is 0 Å². The summed E-state index contributed by atoms with van der Waals surface area (Å²) in [6, 6.07) is 5.78. The van der Waals surface area contributed by atoms with Crippen molar-refractivity contribution in [3.05, 3.63) is 53.6 Å². The van der Waals surface area contributed by atoms with Gasteiger partial charge in [-0.1, -0.05) is 6.07 Å². The fraction of sp³-hybridized carbons (Fsp3) is 0.368. The second-order valence-corrected chi connectivity index (χ2v) is 7.78. The molecule has 0 bridgehead atoms. The first-order valence-corrected chi connectivity index (χ1v) is 9.30. The normalized spacial score (nSPS) is 15.0. The maximum Gasteiger partial charge on any atom is 0.229 e. The van der Waals surface area contributed by atoms with E-state index in [9.17, 15) is 9.18 Å². The molecule has 0 N–H and O–H groups in total. The quantitative estimate of drug-likeness (QED) is 0.628. The Hall–Kier alpha value is -2.74. The molecule has 1 saturated heterocycles. The molecule has 3 aromatic heterocycles. The summed E-state index contributed by atoms with van der Waals surface area (Å²) in [7, 11) is 1.79. The van der Waals surface area contributed by atoms with E-state index in [0.717, 1.165) is 17.5 Å². The molecule has 7 nitrogen and oxygen atoms in total. The molecule has 28 heavy (non-hydrogen) atoms. The second kappa shape index (κ2) is 6.70. The van der Waals surface area contributed by atoms with E-state index in [1.807, 2.05) is 42.6 Å². The van der Waals surface area contributed by atoms with Gasteiger partial charge in [-0.3, -0.25) is 4.79 Å². The number of hydrogen-bond acceptors (Lipinski definition) is 5. The monoisotopic (exact) mass is 402 g/mol. The van der Waals surface area contributed by atoms with Gasteiger partial charge < -0.3 is 14.2 Å². The minimum atomic E-state index is -0.568. The molecule has 0 aliphatic carbocycles. The topological polar surface area (TPSA) is 66.6 Å². The van der Waals surface area contributed by atoms with Crippen molar-refractivity contribution in [1.29, 1.82) is 0 Å². The van der Waals surface area contributed by atoms with Gasteiger partial charge >= 0.3 is 0 Å². The van der Waals surface area contributed by atoms with Gasteiger partial charge in [0.15, 0.2) is 11.6 Å². The number of hydrogen-bond donors (Lipinski definition) is 0. The summed E-state index contributed by atoms with van der Waals surface area (Å²) in [5.74, 6) is -0.660. The van der Waals surface area contributed by atoms with Crippen molar-refractivity contribution in [1.82, 2.24) is 24.3 Å². The number of aromatic nitrogens is 4. The molecule has 0 saturated carbocycles. The number of amides is 1. The number of fused-ring (bicyclic) bond motifs is 1. The summed E-state index contributed by atoms with van der Waals surface area (Å²) in [6.45, 7) is 4.75. The molecule has 4 heterocycles. The van der Waals surface area contributed by atoms with Gasteiger partial charge in [0, 0.05) is 26.3 Å². The average molecular weight is 403 g/mol. The van der Waals surface area contributed by atoms with E-state index in [0.29, 0.717) is 13.1 Å². The van der Waals surface area contributed by atoms with Gasteiger partial charge in [0.2, 0.25) is 11.2 Å². The zero-order chi connectivity index (χ0) is 20.1. The molecule has 1 amide bonds. The number of carbonyl (C=O) groups excluding carboxylic acids is 1. The van der Waals surface area contributed by atoms with Crippen molar-refractivity contribution in [2.45, 2.75) is 19.4 Å². The van der Waals surface area contributed by atoms with Crippen molar-refractivity contribution in [3.63, 3.8) is 0 Å². The van der Waals surface area contributed by atoms with Gasteiger partial charge in [-0.05, 0) is 37.6 Å². The summed E-state index contributed by atoms with van der Waals surface area (Å²) in [4.78, 5) is 28.4. The number of imidazole rings is 1. The Labute approximate surface area is 166 Å². The Bertz CT molecular complexity index is 1050. The van der Waals surface area contributed by atoms with Crippen LogP contribution in [0.15, 0.2) is 36.8 Å². The Balaban J connectivity index is 1.50. The minimum Gasteiger partial charge on any atom is -0.352 e. The number of nitrogens with zero attached hydrogens (tertiary/aromatic N) is 6. The maximum atomic E-state index is 13.9. The lowest BCUT2D eigenvalue weighted by molar-refractivity contribution is -0.140. The molecule has 0 atom stereocenters. The number of pyridine rings is 1. The average Bonchev–Trinajstić information content (AvgIpc) is 3.07. The first-order valence-electron chi connectivity index (χ1n) is 8.92. The summed E-state index contributed by atoms with van der Waals surface area (Å²) in [6.07, 6.45) is 4.77. The van der Waals surface area contributed by atoms with Crippen LogP contribution < -0.4 is 4.90 Å². The van der Waals surface area contributed by atoms with Gasteiger partial charge in [-0.15, -0.1) is 0 Å². The molecule has 1 fully saturated rings. The molecule has 1 aliphatic heterocycles. The highest BCUT2D eigenvalue weighted by Gasteiger charge is 2.41. The Morgan fingerprint density at radius 2 is 2.04 bits per heavy atom. The lowest BCUT2D eigenvalue weighted by Gasteiger charge is -2.44. The fourth-order valence-corrected chi connectivity index (χ4v) is 3.60. The van der Waals surface area contributed by atoms with Crippen LogP contribution in [0.5, 0.6) is 0 Å². The molecule has 0 spiro atoms. The van der Waals surface area contributed by atoms with Crippen LogP contribution >= 0.6 is 11.6 Å². The van der Waals surface area contributed by atoms with E-state index in [1.165, 1.54) is 0 Å². The highest BCUT2D eigenvalue weighted by molar-refractivity contribution is 6.28. The van der Waals surface area contributed by atoms with E-state index in [2.05, 4.69) is 15.0 Å². The molecule has 146 valence electrons. The molecule has 0 aromatic carbocycles. The van der Waals surface area contributed by atoms with Crippen LogP contribution in [-0.2, 0) is 10.3 Å². The summed E-state index contributed by atoms with van der Waals surface area (Å²) < 4.78 is 15.9. The Kier molecular flexibility index (Phi) is 4.45. The predicted octanol–water partition coefficient (Wildman–Crippen LogP) is 2.75. The van der Waals surface area contributed by atoms with Crippen LogP contribution in [0, 0.1) is 11.7 Å². The van der Waals surface area contributed by atoms with Crippen molar-refractivity contribution in [2.75, 3.05) is 25.0 Å². The summed E-state index contributed by atoms with van der Waals surface area (Å²) in [5.41, 5.74) is 1.18. The Morgan fingerprint density at radius 3 is 2.79 bits per heavy atom. The van der Waals surface area contributed by atoms with E-state index in [4.69, 9.17) is 11.6 Å². The molecule has 3 aromatic rings. The van der Waals surface area contributed by atoms with Crippen LogP contribution in [0.1, 0.15) is 19.5 Å². The van der Waals surface area contributed by atoms with Crippen LogP contribution in [0.3, 0.4) is 0 Å². The van der Waals surface area contributed by atoms with E-state index >= 15 is 0 Å². The maximum absolute atomic E-state index is 13.9. The minimum absolute atomic E-state index is 0.00677. The third-order valence-corrected chi connectivity index (χ3v) is 5.62. The van der Waals surface area contributed by atoms with E-state index in [1.54, 1.807) is 23.0 Å². The Morgan fingerprint density at radius 1 is 1.29 bits per heavy atom. The first-order chi connectivity index (χ1) is 13.3. The SMILES string of the molecule is CN(C(=O)C1CN(c2nc(Cl)ncc2F)C1)C(C)(C)c1cnc2ccccn12. The predicted molar refractivity (Wildman–Crippen MR) is 104 cm³/mol. The standard InChI is InChI=1S/C19H20ClFN6O/c1-19(2,14-9-22-15-6-4-5-7-27(14)15)25(3)17(28)12-10-26(11-12)16-13(21)8-23-18(20)24-16/h4-9,12H,10-11H2,1-3H3. The van der Waals surface area contributed by atoms with Gasteiger partial charge in [0.05, 0.1) is 29.5 Å². The fourth-order valence-electron chi connectivity index (χ4n) is 3.47. The number of rotatable bonds is 4. The summed E-state index contributed by atoms with van der Waals surface area (Å²) >= 11 is 5.76. The second-order valence-electron chi connectivity index (χ2n) is 7.44. The van der Waals surface area contributed by atoms with Gasteiger partial charge in [-0.25, -0.2) is 14.4 Å². The molecular formula is C19H20ClFN6O. The van der Waals surface area contributed by atoms with Crippen LogP contribution in [-0.4, -0.2) is 50.3 Å². The lowest BCUT2D eigenvalue weighted by Crippen LogP contribution is -2.57. The third-order valence-electron chi connectivity index (χ3n) is 5.44. The van der Waals surface area contributed by atoms with Crippen LogP contribution in [0.2, 0.25) is 5.28 Å². The zero-order valence-electron chi connectivity index (χ0n) is 15.8.